The van der Waals surface area contributed by atoms with Crippen molar-refractivity contribution in [1.82, 2.24) is 5.32 Å². The molecule has 0 aliphatic carbocycles. The number of aliphatic hydroxyl groups is 1. The second-order valence-corrected chi connectivity index (χ2v) is 4.60. The summed E-state index contributed by atoms with van der Waals surface area (Å²) < 4.78 is 0. The highest BCUT2D eigenvalue weighted by atomic mass is 16.3. The van der Waals surface area contributed by atoms with Crippen LogP contribution < -0.4 is 10.6 Å². The van der Waals surface area contributed by atoms with Crippen LogP contribution in [0.4, 0.5) is 10.5 Å². The summed E-state index contributed by atoms with van der Waals surface area (Å²) in [5.41, 5.74) is 3.59. The molecule has 0 aliphatic rings. The van der Waals surface area contributed by atoms with Gasteiger partial charge in [0.15, 0.2) is 0 Å². The Morgan fingerprint density at radius 2 is 1.85 bits per heavy atom. The van der Waals surface area contributed by atoms with Crippen molar-refractivity contribution in [3.8, 4) is 0 Å². The molecule has 0 spiro atoms. The maximum atomic E-state index is 11.8. The Morgan fingerprint density at radius 3 is 2.55 bits per heavy atom. The maximum absolute atomic E-state index is 11.8. The van der Waals surface area contributed by atoms with Crippen LogP contribution in [-0.4, -0.2) is 11.1 Å². The summed E-state index contributed by atoms with van der Waals surface area (Å²) in [6.07, 6.45) is 0. The third-order valence-corrected chi connectivity index (χ3v) is 3.00. The molecule has 0 saturated carbocycles. The largest absolute Gasteiger partial charge is 0.392 e. The van der Waals surface area contributed by atoms with E-state index in [9.17, 15) is 9.90 Å². The first kappa shape index (κ1) is 14.1. The van der Waals surface area contributed by atoms with Crippen LogP contribution in [0.5, 0.6) is 0 Å². The van der Waals surface area contributed by atoms with Crippen LogP contribution >= 0.6 is 0 Å². The van der Waals surface area contributed by atoms with Gasteiger partial charge in [-0.2, -0.15) is 0 Å². The van der Waals surface area contributed by atoms with Crippen molar-refractivity contribution in [2.75, 3.05) is 5.32 Å². The van der Waals surface area contributed by atoms with Gasteiger partial charge in [0.1, 0.15) is 0 Å². The standard InChI is InChI=1S/C16H18N2O2/c1-12-5-4-8-15(9-12)18-16(20)17-10-13-6-2-3-7-14(13)11-19/h2-9,19H,10-11H2,1H3,(H2,17,18,20). The molecular formula is C16H18N2O2. The van der Waals surface area contributed by atoms with Gasteiger partial charge in [-0.25, -0.2) is 4.79 Å². The SMILES string of the molecule is Cc1cccc(NC(=O)NCc2ccccc2CO)c1. The minimum absolute atomic E-state index is 0.0304. The number of amides is 2. The molecule has 2 aromatic rings. The van der Waals surface area contributed by atoms with Gasteiger partial charge in [-0.05, 0) is 35.7 Å². The molecule has 0 aromatic heterocycles. The molecule has 4 heteroatoms. The molecule has 0 fully saturated rings. The van der Waals surface area contributed by atoms with E-state index in [0.29, 0.717) is 6.54 Å². The van der Waals surface area contributed by atoms with Gasteiger partial charge < -0.3 is 15.7 Å². The van der Waals surface area contributed by atoms with Crippen LogP contribution in [0.25, 0.3) is 0 Å². The second-order valence-electron chi connectivity index (χ2n) is 4.60. The van der Waals surface area contributed by atoms with Crippen molar-refractivity contribution in [1.29, 1.82) is 0 Å². The highest BCUT2D eigenvalue weighted by molar-refractivity contribution is 5.89. The minimum atomic E-state index is -0.261. The first-order chi connectivity index (χ1) is 9.69. The molecule has 0 atom stereocenters. The number of hydrogen-bond donors (Lipinski definition) is 3. The minimum Gasteiger partial charge on any atom is -0.392 e. The van der Waals surface area contributed by atoms with Gasteiger partial charge >= 0.3 is 6.03 Å². The molecule has 0 radical (unpaired) electrons. The zero-order chi connectivity index (χ0) is 14.4. The van der Waals surface area contributed by atoms with Crippen LogP contribution in [0, 0.1) is 6.92 Å². The van der Waals surface area contributed by atoms with Gasteiger partial charge in [0.2, 0.25) is 0 Å². The van der Waals surface area contributed by atoms with Crippen molar-refractivity contribution < 1.29 is 9.90 Å². The Hall–Kier alpha value is -2.33. The van der Waals surface area contributed by atoms with Crippen LogP contribution in [0.2, 0.25) is 0 Å². The molecule has 2 amide bonds. The number of benzene rings is 2. The number of anilines is 1. The van der Waals surface area contributed by atoms with Gasteiger partial charge in [0.05, 0.1) is 6.61 Å². The van der Waals surface area contributed by atoms with Crippen molar-refractivity contribution in [2.24, 2.45) is 0 Å². The Bertz CT molecular complexity index is 597. The smallest absolute Gasteiger partial charge is 0.319 e. The average Bonchev–Trinajstić information content (AvgIpc) is 2.45. The van der Waals surface area contributed by atoms with Gasteiger partial charge in [0, 0.05) is 12.2 Å². The predicted octanol–water partition coefficient (Wildman–Crippen LogP) is 2.81. The number of aliphatic hydroxyl groups excluding tert-OH is 1. The van der Waals surface area contributed by atoms with Gasteiger partial charge in [-0.1, -0.05) is 36.4 Å². The third-order valence-electron chi connectivity index (χ3n) is 3.00. The molecule has 0 unspecified atom stereocenters. The van der Waals surface area contributed by atoms with Crippen molar-refractivity contribution in [3.05, 3.63) is 65.2 Å². The van der Waals surface area contributed by atoms with Crippen LogP contribution in [0.3, 0.4) is 0 Å². The molecule has 0 heterocycles. The van der Waals surface area contributed by atoms with E-state index in [-0.39, 0.29) is 12.6 Å². The van der Waals surface area contributed by atoms with Crippen molar-refractivity contribution in [3.63, 3.8) is 0 Å². The van der Waals surface area contributed by atoms with E-state index in [0.717, 1.165) is 22.4 Å². The Balaban J connectivity index is 1.92. The van der Waals surface area contributed by atoms with Gasteiger partial charge in [0.25, 0.3) is 0 Å². The average molecular weight is 270 g/mol. The second kappa shape index (κ2) is 6.73. The normalized spacial score (nSPS) is 10.1. The lowest BCUT2D eigenvalue weighted by atomic mass is 10.1. The summed E-state index contributed by atoms with van der Waals surface area (Å²) in [7, 11) is 0. The number of urea groups is 1. The van der Waals surface area contributed by atoms with Crippen LogP contribution in [0.15, 0.2) is 48.5 Å². The monoisotopic (exact) mass is 270 g/mol. The van der Waals surface area contributed by atoms with Crippen LogP contribution in [0.1, 0.15) is 16.7 Å². The first-order valence-corrected chi connectivity index (χ1v) is 6.48. The predicted molar refractivity (Wildman–Crippen MR) is 79.4 cm³/mol. The molecule has 4 nitrogen and oxygen atoms in total. The lowest BCUT2D eigenvalue weighted by Gasteiger charge is -2.10. The number of hydrogen-bond acceptors (Lipinski definition) is 2. The van der Waals surface area contributed by atoms with Crippen LogP contribution in [-0.2, 0) is 13.2 Å². The van der Waals surface area contributed by atoms with E-state index < -0.39 is 0 Å². The topological polar surface area (TPSA) is 61.4 Å². The van der Waals surface area contributed by atoms with E-state index in [1.165, 1.54) is 0 Å². The van der Waals surface area contributed by atoms with E-state index in [2.05, 4.69) is 10.6 Å². The quantitative estimate of drug-likeness (QED) is 0.800. The van der Waals surface area contributed by atoms with E-state index in [1.807, 2.05) is 55.5 Å². The summed E-state index contributed by atoms with van der Waals surface area (Å²) >= 11 is 0. The number of carbonyl (C=O) groups is 1. The Labute approximate surface area is 118 Å². The van der Waals surface area contributed by atoms with Gasteiger partial charge in [-0.3, -0.25) is 0 Å². The highest BCUT2D eigenvalue weighted by Crippen LogP contribution is 2.10. The van der Waals surface area contributed by atoms with E-state index in [1.54, 1.807) is 0 Å². The molecule has 0 aliphatic heterocycles. The Kier molecular flexibility index (Phi) is 4.74. The molecule has 0 bridgehead atoms. The molecule has 20 heavy (non-hydrogen) atoms. The number of aryl methyl sites for hydroxylation is 1. The fourth-order valence-electron chi connectivity index (χ4n) is 1.96. The van der Waals surface area contributed by atoms with E-state index in [4.69, 9.17) is 0 Å². The number of rotatable bonds is 4. The summed E-state index contributed by atoms with van der Waals surface area (Å²) in [5, 5.41) is 14.8. The molecule has 104 valence electrons. The fourth-order valence-corrected chi connectivity index (χ4v) is 1.96. The molecule has 0 saturated heterocycles. The fraction of sp³-hybridized carbons (Fsp3) is 0.188. The summed E-state index contributed by atoms with van der Waals surface area (Å²) in [4.78, 5) is 11.8. The van der Waals surface area contributed by atoms with E-state index >= 15 is 0 Å². The maximum Gasteiger partial charge on any atom is 0.319 e. The summed E-state index contributed by atoms with van der Waals surface area (Å²) in [5.74, 6) is 0. The molecule has 2 rings (SSSR count). The lowest BCUT2D eigenvalue weighted by Crippen LogP contribution is -2.28. The summed E-state index contributed by atoms with van der Waals surface area (Å²) in [6, 6.07) is 14.8. The number of nitrogens with one attached hydrogen (secondary N) is 2. The molecule has 3 N–H and O–H groups in total. The third kappa shape index (κ3) is 3.83. The zero-order valence-electron chi connectivity index (χ0n) is 11.4. The summed E-state index contributed by atoms with van der Waals surface area (Å²) in [6.45, 7) is 2.33. The lowest BCUT2D eigenvalue weighted by molar-refractivity contribution is 0.251. The zero-order valence-corrected chi connectivity index (χ0v) is 11.4. The van der Waals surface area contributed by atoms with Crippen molar-refractivity contribution in [2.45, 2.75) is 20.1 Å². The molecule has 2 aromatic carbocycles. The molecular weight excluding hydrogens is 252 g/mol. The Morgan fingerprint density at radius 1 is 1.10 bits per heavy atom. The first-order valence-electron chi connectivity index (χ1n) is 6.48. The highest BCUT2D eigenvalue weighted by Gasteiger charge is 2.04. The van der Waals surface area contributed by atoms with Crippen molar-refractivity contribution >= 4 is 11.7 Å². The number of carbonyl (C=O) groups excluding carboxylic acids is 1. The van der Waals surface area contributed by atoms with Gasteiger partial charge in [-0.15, -0.1) is 0 Å².